The summed E-state index contributed by atoms with van der Waals surface area (Å²) in [5.74, 6) is 1.50. The molecule has 1 saturated heterocycles. The fourth-order valence-electron chi connectivity index (χ4n) is 2.47. The van der Waals surface area contributed by atoms with Crippen LogP contribution in [0.15, 0.2) is 24.3 Å². The Morgan fingerprint density at radius 2 is 2.25 bits per heavy atom. The van der Waals surface area contributed by atoms with Crippen molar-refractivity contribution < 1.29 is 9.47 Å². The third-order valence-corrected chi connectivity index (χ3v) is 3.61. The molecular formula is C17H27NO2. The van der Waals surface area contributed by atoms with Crippen molar-refractivity contribution >= 4 is 5.69 Å². The summed E-state index contributed by atoms with van der Waals surface area (Å²) in [6, 6.07) is 8.78. The highest BCUT2D eigenvalue weighted by atomic mass is 16.5. The van der Waals surface area contributed by atoms with Gasteiger partial charge in [0, 0.05) is 24.4 Å². The standard InChI is InChI=1S/C17H27NO2/c1-4-16-10-15(8-9-19-16)18-14-6-5-7-17(11-14)20-12-13(2)3/h5-7,11,13,15-16,18H,4,8-10,12H2,1-3H3. The molecular weight excluding hydrogens is 250 g/mol. The zero-order chi connectivity index (χ0) is 14.4. The molecule has 0 saturated carbocycles. The molecule has 1 aromatic rings. The highest BCUT2D eigenvalue weighted by Gasteiger charge is 2.21. The predicted octanol–water partition coefficient (Wildman–Crippen LogP) is 4.09. The lowest BCUT2D eigenvalue weighted by Gasteiger charge is -2.30. The number of ether oxygens (including phenoxy) is 2. The quantitative estimate of drug-likeness (QED) is 0.849. The maximum Gasteiger partial charge on any atom is 0.121 e. The van der Waals surface area contributed by atoms with Crippen LogP contribution in [-0.4, -0.2) is 25.4 Å². The molecule has 1 aliphatic rings. The van der Waals surface area contributed by atoms with Gasteiger partial charge in [-0.2, -0.15) is 0 Å². The molecule has 1 fully saturated rings. The highest BCUT2D eigenvalue weighted by molar-refractivity contribution is 5.48. The second kappa shape index (κ2) is 7.53. The second-order valence-electron chi connectivity index (χ2n) is 6.00. The fourth-order valence-corrected chi connectivity index (χ4v) is 2.47. The van der Waals surface area contributed by atoms with Crippen molar-refractivity contribution in [3.8, 4) is 5.75 Å². The van der Waals surface area contributed by atoms with Crippen LogP contribution in [-0.2, 0) is 4.74 Å². The summed E-state index contributed by atoms with van der Waals surface area (Å²) in [7, 11) is 0. The van der Waals surface area contributed by atoms with Crippen molar-refractivity contribution in [1.29, 1.82) is 0 Å². The summed E-state index contributed by atoms with van der Waals surface area (Å²) in [6.07, 6.45) is 3.67. The summed E-state index contributed by atoms with van der Waals surface area (Å²) in [4.78, 5) is 0. The molecule has 0 spiro atoms. The molecule has 0 aromatic heterocycles. The number of nitrogens with one attached hydrogen (secondary N) is 1. The van der Waals surface area contributed by atoms with Crippen LogP contribution in [0.5, 0.6) is 5.75 Å². The largest absolute Gasteiger partial charge is 0.493 e. The van der Waals surface area contributed by atoms with E-state index in [2.05, 4.69) is 44.3 Å². The molecule has 0 radical (unpaired) electrons. The number of hydrogen-bond acceptors (Lipinski definition) is 3. The van der Waals surface area contributed by atoms with E-state index in [0.717, 1.165) is 43.9 Å². The van der Waals surface area contributed by atoms with Gasteiger partial charge >= 0.3 is 0 Å². The Hall–Kier alpha value is -1.22. The van der Waals surface area contributed by atoms with Gasteiger partial charge in [-0.05, 0) is 37.3 Å². The Morgan fingerprint density at radius 3 is 3.00 bits per heavy atom. The minimum absolute atomic E-state index is 0.404. The predicted molar refractivity (Wildman–Crippen MR) is 83.5 cm³/mol. The Labute approximate surface area is 122 Å². The van der Waals surface area contributed by atoms with Gasteiger partial charge in [0.15, 0.2) is 0 Å². The normalized spacial score (nSPS) is 22.8. The lowest BCUT2D eigenvalue weighted by Crippen LogP contribution is -2.33. The van der Waals surface area contributed by atoms with Gasteiger partial charge in [-0.1, -0.05) is 26.8 Å². The second-order valence-corrected chi connectivity index (χ2v) is 6.00. The van der Waals surface area contributed by atoms with Gasteiger partial charge in [0.25, 0.3) is 0 Å². The first-order valence-electron chi connectivity index (χ1n) is 7.78. The molecule has 3 heteroatoms. The molecule has 1 heterocycles. The smallest absolute Gasteiger partial charge is 0.121 e. The minimum atomic E-state index is 0.404. The van der Waals surface area contributed by atoms with Gasteiger partial charge < -0.3 is 14.8 Å². The van der Waals surface area contributed by atoms with Crippen LogP contribution in [0.2, 0.25) is 0 Å². The van der Waals surface area contributed by atoms with E-state index in [1.807, 2.05) is 6.07 Å². The lowest BCUT2D eigenvalue weighted by molar-refractivity contribution is 0.00925. The summed E-state index contributed by atoms with van der Waals surface area (Å²) < 4.78 is 11.5. The van der Waals surface area contributed by atoms with Crippen molar-refractivity contribution in [2.45, 2.75) is 52.2 Å². The van der Waals surface area contributed by atoms with Crippen LogP contribution in [0.25, 0.3) is 0 Å². The van der Waals surface area contributed by atoms with E-state index < -0.39 is 0 Å². The number of hydrogen-bond donors (Lipinski definition) is 1. The van der Waals surface area contributed by atoms with Crippen molar-refractivity contribution in [3.05, 3.63) is 24.3 Å². The van der Waals surface area contributed by atoms with E-state index in [4.69, 9.17) is 9.47 Å². The van der Waals surface area contributed by atoms with E-state index in [1.165, 1.54) is 0 Å². The van der Waals surface area contributed by atoms with Crippen molar-refractivity contribution in [2.75, 3.05) is 18.5 Å². The number of rotatable bonds is 6. The van der Waals surface area contributed by atoms with Crippen molar-refractivity contribution in [3.63, 3.8) is 0 Å². The molecule has 3 nitrogen and oxygen atoms in total. The van der Waals surface area contributed by atoms with E-state index in [0.29, 0.717) is 18.1 Å². The van der Waals surface area contributed by atoms with Crippen LogP contribution in [0.3, 0.4) is 0 Å². The maximum absolute atomic E-state index is 5.77. The lowest BCUT2D eigenvalue weighted by atomic mass is 10.0. The molecule has 20 heavy (non-hydrogen) atoms. The zero-order valence-corrected chi connectivity index (χ0v) is 12.9. The molecule has 2 unspecified atom stereocenters. The third-order valence-electron chi connectivity index (χ3n) is 3.61. The Morgan fingerprint density at radius 1 is 1.40 bits per heavy atom. The average Bonchev–Trinajstić information content (AvgIpc) is 2.46. The van der Waals surface area contributed by atoms with Crippen LogP contribution >= 0.6 is 0 Å². The summed E-state index contributed by atoms with van der Waals surface area (Å²) in [6.45, 7) is 8.13. The van der Waals surface area contributed by atoms with Crippen LogP contribution in [0.1, 0.15) is 40.0 Å². The molecule has 2 atom stereocenters. The van der Waals surface area contributed by atoms with Crippen LogP contribution in [0, 0.1) is 5.92 Å². The zero-order valence-electron chi connectivity index (χ0n) is 12.9. The van der Waals surface area contributed by atoms with Crippen molar-refractivity contribution in [1.82, 2.24) is 0 Å². The van der Waals surface area contributed by atoms with E-state index in [-0.39, 0.29) is 0 Å². The molecule has 2 rings (SSSR count). The first-order valence-corrected chi connectivity index (χ1v) is 7.78. The number of anilines is 1. The van der Waals surface area contributed by atoms with Gasteiger partial charge in [-0.25, -0.2) is 0 Å². The highest BCUT2D eigenvalue weighted by Crippen LogP contribution is 2.23. The number of benzene rings is 1. The third kappa shape index (κ3) is 4.71. The molecule has 0 aliphatic carbocycles. The average molecular weight is 277 g/mol. The van der Waals surface area contributed by atoms with Crippen LogP contribution < -0.4 is 10.1 Å². The summed E-state index contributed by atoms with van der Waals surface area (Å²) >= 11 is 0. The van der Waals surface area contributed by atoms with E-state index in [1.54, 1.807) is 0 Å². The Bertz CT molecular complexity index is 406. The summed E-state index contributed by atoms with van der Waals surface area (Å²) in [5, 5.41) is 3.61. The Balaban J connectivity index is 1.90. The SMILES string of the molecule is CCC1CC(Nc2cccc(OCC(C)C)c2)CCO1. The molecule has 0 bridgehead atoms. The molecule has 1 aliphatic heterocycles. The fraction of sp³-hybridized carbons (Fsp3) is 0.647. The molecule has 1 aromatic carbocycles. The summed E-state index contributed by atoms with van der Waals surface area (Å²) in [5.41, 5.74) is 1.15. The molecule has 0 amide bonds. The van der Waals surface area contributed by atoms with E-state index in [9.17, 15) is 0 Å². The van der Waals surface area contributed by atoms with Crippen LogP contribution in [0.4, 0.5) is 5.69 Å². The molecule has 112 valence electrons. The van der Waals surface area contributed by atoms with Gasteiger partial charge in [-0.15, -0.1) is 0 Å². The van der Waals surface area contributed by atoms with Gasteiger partial charge in [0.1, 0.15) is 5.75 Å². The Kier molecular flexibility index (Phi) is 5.72. The van der Waals surface area contributed by atoms with Gasteiger partial charge in [-0.3, -0.25) is 0 Å². The first kappa shape index (κ1) is 15.2. The van der Waals surface area contributed by atoms with Crippen molar-refractivity contribution in [2.24, 2.45) is 5.92 Å². The molecule has 1 N–H and O–H groups in total. The van der Waals surface area contributed by atoms with Gasteiger partial charge in [0.05, 0.1) is 12.7 Å². The van der Waals surface area contributed by atoms with E-state index >= 15 is 0 Å². The topological polar surface area (TPSA) is 30.5 Å². The first-order chi connectivity index (χ1) is 9.67. The maximum atomic E-state index is 5.77. The monoisotopic (exact) mass is 277 g/mol. The minimum Gasteiger partial charge on any atom is -0.493 e. The van der Waals surface area contributed by atoms with Gasteiger partial charge in [0.2, 0.25) is 0 Å².